The van der Waals surface area contributed by atoms with Gasteiger partial charge in [0.15, 0.2) is 17.4 Å². The van der Waals surface area contributed by atoms with Crippen molar-refractivity contribution in [2.24, 2.45) is 24.8 Å². The molecule has 4 fully saturated rings. The summed E-state index contributed by atoms with van der Waals surface area (Å²) in [6, 6.07) is 12.6. The number of fused-ring (bicyclic) bond motifs is 3. The number of imide groups is 1. The van der Waals surface area contributed by atoms with Crippen molar-refractivity contribution in [2.75, 3.05) is 44.2 Å². The number of amides is 3. The van der Waals surface area contributed by atoms with Crippen LogP contribution >= 0.6 is 0 Å². The van der Waals surface area contributed by atoms with Gasteiger partial charge in [0.2, 0.25) is 17.6 Å². The first kappa shape index (κ1) is 38.9. The average molecular weight is 813 g/mol. The number of benzene rings is 3. The number of piperidine rings is 1. The van der Waals surface area contributed by atoms with Crippen molar-refractivity contribution in [1.82, 2.24) is 34.4 Å². The largest absolute Gasteiger partial charge is 0.503 e. The molecule has 13 nitrogen and oxygen atoms in total. The van der Waals surface area contributed by atoms with E-state index in [0.29, 0.717) is 29.8 Å². The Labute approximate surface area is 337 Å². The predicted octanol–water partition coefficient (Wildman–Crippen LogP) is 4.95. The van der Waals surface area contributed by atoms with E-state index in [1.54, 1.807) is 11.6 Å². The number of halogens is 3. The summed E-state index contributed by atoms with van der Waals surface area (Å²) < 4.78 is 46.8. The van der Waals surface area contributed by atoms with E-state index < -0.39 is 46.6 Å². The summed E-state index contributed by atoms with van der Waals surface area (Å²) in [7, 11) is 1.72. The van der Waals surface area contributed by atoms with Gasteiger partial charge in [0.1, 0.15) is 6.04 Å². The molecule has 3 aromatic carbocycles. The van der Waals surface area contributed by atoms with Crippen molar-refractivity contribution in [3.05, 3.63) is 87.7 Å². The van der Waals surface area contributed by atoms with Crippen molar-refractivity contribution in [3.8, 4) is 5.75 Å². The van der Waals surface area contributed by atoms with E-state index in [-0.39, 0.29) is 36.5 Å². The first-order valence-corrected chi connectivity index (χ1v) is 20.6. The van der Waals surface area contributed by atoms with E-state index in [2.05, 4.69) is 44.8 Å². The Kier molecular flexibility index (Phi) is 10.2. The average Bonchev–Trinajstić information content (AvgIpc) is 3.99. The maximum Gasteiger partial charge on any atom is 0.329 e. The Bertz CT molecular complexity index is 2530. The standard InChI is InChI=1S/C43H47F3N8O5/c1-50-36-15-24(6-11-34(36)54(43(50)59)35-12-13-37(55)48-42(35)58)3-2-14-51-19-27-21-52(22-28(27)20-51)30-10-7-26-23-53(49-33(26)16-30)29-8-4-25(5-9-29)18-47-41(57)31-17-32(44)40(56)39(46)38(31)45/h6-7,10-11,15-17,23,25,27-29,35,56H,2-5,8-9,12-14,18-22H2,1H3,(H,47,57)(H,48,55,58)/t25?,27-,28+,29?,35-/m1/s1. The monoisotopic (exact) mass is 812 g/mol. The van der Waals surface area contributed by atoms with Crippen LogP contribution in [0.2, 0.25) is 0 Å². The number of phenolic OH excluding ortho intramolecular Hbond substituents is 1. The molecule has 0 bridgehead atoms. The molecule has 59 heavy (non-hydrogen) atoms. The third kappa shape index (κ3) is 7.36. The van der Waals surface area contributed by atoms with Gasteiger partial charge in [0.05, 0.1) is 28.2 Å². The number of carbonyl (C=O) groups is 3. The zero-order valence-electron chi connectivity index (χ0n) is 32.8. The number of anilines is 1. The van der Waals surface area contributed by atoms with Gasteiger partial charge in [-0.05, 0) is 111 Å². The number of aromatic nitrogens is 4. The summed E-state index contributed by atoms with van der Waals surface area (Å²) in [6.45, 7) is 5.40. The van der Waals surface area contributed by atoms with Crippen LogP contribution < -0.4 is 21.2 Å². The van der Waals surface area contributed by atoms with Crippen LogP contribution in [-0.2, 0) is 23.1 Å². The van der Waals surface area contributed by atoms with E-state index in [1.165, 1.54) is 10.3 Å². The minimum atomic E-state index is -1.78. The van der Waals surface area contributed by atoms with Crippen LogP contribution in [0.15, 0.2) is 53.5 Å². The number of aryl methyl sites for hydroxylation is 2. The molecular weight excluding hydrogens is 766 g/mol. The number of hydrogen-bond donors (Lipinski definition) is 3. The van der Waals surface area contributed by atoms with Crippen LogP contribution in [0.1, 0.15) is 73.0 Å². The van der Waals surface area contributed by atoms with Gasteiger partial charge in [0.25, 0.3) is 5.91 Å². The molecule has 1 aliphatic carbocycles. The minimum Gasteiger partial charge on any atom is -0.503 e. The summed E-state index contributed by atoms with van der Waals surface area (Å²) in [5.41, 5.74) is 3.75. The number of hydrogen-bond acceptors (Lipinski definition) is 8. The maximum atomic E-state index is 14.1. The van der Waals surface area contributed by atoms with E-state index in [4.69, 9.17) is 5.10 Å². The number of likely N-dealkylation sites (tertiary alicyclic amines) is 1. The van der Waals surface area contributed by atoms with Crippen LogP contribution in [0.25, 0.3) is 21.9 Å². The number of imidazole rings is 1. The number of phenols is 1. The highest BCUT2D eigenvalue weighted by Crippen LogP contribution is 2.37. The van der Waals surface area contributed by atoms with Crippen molar-refractivity contribution in [1.29, 1.82) is 0 Å². The lowest BCUT2D eigenvalue weighted by molar-refractivity contribution is -0.135. The molecule has 3 aliphatic heterocycles. The summed E-state index contributed by atoms with van der Waals surface area (Å²) in [5.74, 6) is -6.50. The van der Waals surface area contributed by atoms with Crippen LogP contribution in [0.4, 0.5) is 18.9 Å². The molecule has 4 aliphatic rings. The van der Waals surface area contributed by atoms with Crippen LogP contribution in [0, 0.1) is 35.2 Å². The molecule has 0 radical (unpaired) electrons. The van der Waals surface area contributed by atoms with Gasteiger partial charge >= 0.3 is 5.69 Å². The van der Waals surface area contributed by atoms with Crippen LogP contribution in [0.5, 0.6) is 5.75 Å². The topological polar surface area (TPSA) is 147 Å². The summed E-state index contributed by atoms with van der Waals surface area (Å²) in [6.07, 6.45) is 7.82. The fourth-order valence-electron chi connectivity index (χ4n) is 9.89. The molecule has 5 aromatic rings. The first-order valence-electron chi connectivity index (χ1n) is 20.6. The Balaban J connectivity index is 0.742. The third-order valence-electron chi connectivity index (χ3n) is 13.2. The minimum absolute atomic E-state index is 0.133. The molecule has 0 spiro atoms. The van der Waals surface area contributed by atoms with Crippen LogP contribution in [-0.4, -0.2) is 85.9 Å². The highest BCUT2D eigenvalue weighted by atomic mass is 19.2. The molecule has 310 valence electrons. The summed E-state index contributed by atoms with van der Waals surface area (Å²) in [5, 5.41) is 20.3. The number of nitrogens with one attached hydrogen (secondary N) is 2. The van der Waals surface area contributed by atoms with Crippen molar-refractivity contribution in [2.45, 2.75) is 63.5 Å². The molecule has 0 unspecified atom stereocenters. The second-order valence-corrected chi connectivity index (χ2v) is 16.9. The smallest absolute Gasteiger partial charge is 0.329 e. The van der Waals surface area contributed by atoms with E-state index >= 15 is 0 Å². The van der Waals surface area contributed by atoms with Gasteiger partial charge in [-0.25, -0.2) is 13.6 Å². The number of carbonyl (C=O) groups excluding carboxylic acids is 3. The molecule has 1 saturated carbocycles. The second kappa shape index (κ2) is 15.5. The van der Waals surface area contributed by atoms with Crippen LogP contribution in [0.3, 0.4) is 0 Å². The SMILES string of the molecule is Cn1c(=O)n([C@@H]2CCC(=O)NC2=O)c2ccc(CCCN3C[C@@H]4CN(c5ccc6cn(C7CCC(CNC(=O)c8cc(F)c(O)c(F)c8F)CC7)nc6c5)C[C@@H]4C3)cc21. The van der Waals surface area contributed by atoms with E-state index in [0.717, 1.165) is 93.2 Å². The molecule has 3 saturated heterocycles. The molecule has 2 aromatic heterocycles. The summed E-state index contributed by atoms with van der Waals surface area (Å²) >= 11 is 0. The quantitative estimate of drug-likeness (QED) is 0.133. The Morgan fingerprint density at radius 2 is 1.68 bits per heavy atom. The highest BCUT2D eigenvalue weighted by molar-refractivity contribution is 6.00. The fraction of sp³-hybridized carbons (Fsp3) is 0.465. The third-order valence-corrected chi connectivity index (χ3v) is 13.2. The first-order chi connectivity index (χ1) is 28.4. The lowest BCUT2D eigenvalue weighted by Gasteiger charge is -2.28. The molecule has 5 heterocycles. The van der Waals surface area contributed by atoms with Crippen molar-refractivity contribution in [3.63, 3.8) is 0 Å². The molecule has 3 atom stereocenters. The van der Waals surface area contributed by atoms with Crippen molar-refractivity contribution >= 4 is 45.3 Å². The van der Waals surface area contributed by atoms with Gasteiger partial charge in [-0.15, -0.1) is 0 Å². The molecular formula is C43H47F3N8O5. The molecule has 16 heteroatoms. The highest BCUT2D eigenvalue weighted by Gasteiger charge is 2.40. The second-order valence-electron chi connectivity index (χ2n) is 16.9. The normalized spacial score (nSPS) is 23.7. The van der Waals surface area contributed by atoms with Gasteiger partial charge in [-0.3, -0.25) is 33.5 Å². The molecule has 3 amide bonds. The lowest BCUT2D eigenvalue weighted by atomic mass is 9.86. The summed E-state index contributed by atoms with van der Waals surface area (Å²) in [4.78, 5) is 54.9. The Hall–Kier alpha value is -5.64. The van der Waals surface area contributed by atoms with Gasteiger partial charge in [0, 0.05) is 63.5 Å². The predicted molar refractivity (Wildman–Crippen MR) is 214 cm³/mol. The molecule has 9 rings (SSSR count). The number of rotatable bonds is 10. The zero-order chi connectivity index (χ0) is 41.1. The number of nitrogens with zero attached hydrogens (tertiary/aromatic N) is 6. The Morgan fingerprint density at radius 1 is 0.915 bits per heavy atom. The van der Waals surface area contributed by atoms with Gasteiger partial charge < -0.3 is 20.2 Å². The van der Waals surface area contributed by atoms with Crippen molar-refractivity contribution < 1.29 is 32.7 Å². The molecule has 3 N–H and O–H groups in total. The lowest BCUT2D eigenvalue weighted by Crippen LogP contribution is -2.44. The maximum absolute atomic E-state index is 14.1. The van der Waals surface area contributed by atoms with E-state index in [9.17, 15) is 37.5 Å². The van der Waals surface area contributed by atoms with Gasteiger partial charge in [-0.1, -0.05) is 6.07 Å². The van der Waals surface area contributed by atoms with E-state index in [1.807, 2.05) is 22.9 Å². The zero-order valence-corrected chi connectivity index (χ0v) is 32.8. The van der Waals surface area contributed by atoms with Gasteiger partial charge in [-0.2, -0.15) is 9.49 Å². The number of aromatic hydroxyl groups is 1. The fourth-order valence-corrected chi connectivity index (χ4v) is 9.89. The Morgan fingerprint density at radius 3 is 2.42 bits per heavy atom.